The van der Waals surface area contributed by atoms with Crippen LogP contribution in [-0.2, 0) is 4.74 Å². The molecule has 2 fully saturated rings. The molecule has 2 nitrogen and oxygen atoms in total. The number of nitrogens with two attached hydrogens (primary N) is 1. The zero-order valence-electron chi connectivity index (χ0n) is 5.76. The number of fused-ring (bicyclic) bond motifs is 2. The highest BCUT2D eigenvalue weighted by Crippen LogP contribution is 2.44. The lowest BCUT2D eigenvalue weighted by molar-refractivity contribution is 0.0423. The molecule has 2 N–H and O–H groups in total. The summed E-state index contributed by atoms with van der Waals surface area (Å²) in [5.74, 6) is 0. The van der Waals surface area contributed by atoms with Crippen LogP contribution in [0.5, 0.6) is 0 Å². The van der Waals surface area contributed by atoms with Gasteiger partial charge in [0.2, 0.25) is 0 Å². The van der Waals surface area contributed by atoms with E-state index in [1.165, 1.54) is 6.42 Å². The Morgan fingerprint density at radius 3 is 2.56 bits per heavy atom. The second kappa shape index (κ2) is 1.50. The highest BCUT2D eigenvalue weighted by Gasteiger charge is 2.47. The molecule has 2 aliphatic rings. The first-order valence-corrected chi connectivity index (χ1v) is 3.57. The second-order valence-corrected chi connectivity index (χ2v) is 3.73. The van der Waals surface area contributed by atoms with Crippen LogP contribution < -0.4 is 5.73 Å². The fraction of sp³-hybridized carbons (Fsp3) is 1.00. The summed E-state index contributed by atoms with van der Waals surface area (Å²) >= 11 is 0. The van der Waals surface area contributed by atoms with E-state index in [9.17, 15) is 0 Å². The Balaban J connectivity index is 2.19. The molecule has 1 saturated heterocycles. The smallest absolute Gasteiger partial charge is 0.0732 e. The van der Waals surface area contributed by atoms with Gasteiger partial charge >= 0.3 is 0 Å². The Morgan fingerprint density at radius 2 is 2.33 bits per heavy atom. The number of hydrogen-bond acceptors (Lipinski definition) is 2. The van der Waals surface area contributed by atoms with Gasteiger partial charge in [-0.05, 0) is 18.3 Å². The lowest BCUT2D eigenvalue weighted by atomic mass is 9.91. The van der Waals surface area contributed by atoms with E-state index in [0.717, 1.165) is 13.0 Å². The second-order valence-electron chi connectivity index (χ2n) is 3.73. The largest absolute Gasteiger partial charge is 0.376 e. The zero-order valence-corrected chi connectivity index (χ0v) is 5.76. The maximum atomic E-state index is 5.78. The Labute approximate surface area is 55.4 Å². The molecular formula is C7H13NO. The van der Waals surface area contributed by atoms with Crippen molar-refractivity contribution in [3.63, 3.8) is 0 Å². The molecule has 2 heteroatoms. The molecule has 0 radical (unpaired) electrons. The van der Waals surface area contributed by atoms with E-state index in [-0.39, 0.29) is 0 Å². The summed E-state index contributed by atoms with van der Waals surface area (Å²) in [5.41, 5.74) is 6.21. The summed E-state index contributed by atoms with van der Waals surface area (Å²) < 4.78 is 5.44. The zero-order chi connectivity index (χ0) is 6.48. The summed E-state index contributed by atoms with van der Waals surface area (Å²) in [5, 5.41) is 0. The number of rotatable bonds is 0. The average Bonchev–Trinajstić information content (AvgIpc) is 2.20. The molecule has 1 heterocycles. The van der Waals surface area contributed by atoms with Crippen molar-refractivity contribution < 1.29 is 4.74 Å². The van der Waals surface area contributed by atoms with Gasteiger partial charge in [-0.25, -0.2) is 0 Å². The highest BCUT2D eigenvalue weighted by molar-refractivity contribution is 4.99. The third-order valence-electron chi connectivity index (χ3n) is 2.55. The topological polar surface area (TPSA) is 35.2 Å². The summed E-state index contributed by atoms with van der Waals surface area (Å²) in [7, 11) is 0. The van der Waals surface area contributed by atoms with Crippen LogP contribution >= 0.6 is 0 Å². The lowest BCUT2D eigenvalue weighted by Crippen LogP contribution is -2.35. The van der Waals surface area contributed by atoms with E-state index in [4.69, 9.17) is 10.5 Å². The van der Waals surface area contributed by atoms with Crippen LogP contribution in [0.1, 0.15) is 19.8 Å². The average molecular weight is 127 g/mol. The van der Waals surface area contributed by atoms with E-state index >= 15 is 0 Å². The van der Waals surface area contributed by atoms with Crippen molar-refractivity contribution in [1.29, 1.82) is 0 Å². The quantitative estimate of drug-likeness (QED) is 0.514. The van der Waals surface area contributed by atoms with Crippen molar-refractivity contribution in [3.05, 3.63) is 0 Å². The van der Waals surface area contributed by atoms with Crippen molar-refractivity contribution in [3.8, 4) is 0 Å². The van der Waals surface area contributed by atoms with E-state index in [0.29, 0.717) is 17.6 Å². The molecule has 0 spiro atoms. The minimum Gasteiger partial charge on any atom is -0.376 e. The molecule has 0 amide bonds. The van der Waals surface area contributed by atoms with Gasteiger partial charge in [-0.15, -0.1) is 0 Å². The molecule has 1 saturated carbocycles. The van der Waals surface area contributed by atoms with Gasteiger partial charge in [-0.2, -0.15) is 0 Å². The summed E-state index contributed by atoms with van der Waals surface area (Å²) in [6, 6.07) is 0.323. The van der Waals surface area contributed by atoms with Crippen molar-refractivity contribution in [2.45, 2.75) is 31.9 Å². The normalized spacial score (nSPS) is 56.7. The maximum absolute atomic E-state index is 5.78. The summed E-state index contributed by atoms with van der Waals surface area (Å²) in [4.78, 5) is 0. The molecule has 2 rings (SSSR count). The predicted molar refractivity (Wildman–Crippen MR) is 35.1 cm³/mol. The van der Waals surface area contributed by atoms with Crippen LogP contribution in [-0.4, -0.2) is 18.8 Å². The molecule has 0 aromatic rings. The van der Waals surface area contributed by atoms with Crippen LogP contribution in [0, 0.1) is 5.41 Å². The van der Waals surface area contributed by atoms with Crippen LogP contribution in [0.25, 0.3) is 0 Å². The Morgan fingerprint density at radius 1 is 1.56 bits per heavy atom. The third kappa shape index (κ3) is 0.700. The van der Waals surface area contributed by atoms with Crippen molar-refractivity contribution >= 4 is 0 Å². The number of ether oxygens (including phenoxy) is 1. The first-order chi connectivity index (χ1) is 4.20. The van der Waals surface area contributed by atoms with Gasteiger partial charge in [0.1, 0.15) is 0 Å². The fourth-order valence-electron chi connectivity index (χ4n) is 2.03. The van der Waals surface area contributed by atoms with Crippen LogP contribution in [0.3, 0.4) is 0 Å². The summed E-state index contributed by atoms with van der Waals surface area (Å²) in [6.07, 6.45) is 2.74. The Hall–Kier alpha value is -0.0800. The molecule has 2 bridgehead atoms. The van der Waals surface area contributed by atoms with Gasteiger partial charge in [0.25, 0.3) is 0 Å². The van der Waals surface area contributed by atoms with Crippen LogP contribution in [0.4, 0.5) is 0 Å². The van der Waals surface area contributed by atoms with Crippen molar-refractivity contribution in [2.24, 2.45) is 11.1 Å². The maximum Gasteiger partial charge on any atom is 0.0732 e. The molecular weight excluding hydrogens is 114 g/mol. The fourth-order valence-corrected chi connectivity index (χ4v) is 2.03. The van der Waals surface area contributed by atoms with Crippen LogP contribution in [0.15, 0.2) is 0 Å². The van der Waals surface area contributed by atoms with Gasteiger partial charge in [-0.1, -0.05) is 6.92 Å². The molecule has 3 atom stereocenters. The van der Waals surface area contributed by atoms with Gasteiger partial charge in [0.15, 0.2) is 0 Å². The lowest BCUT2D eigenvalue weighted by Gasteiger charge is -2.23. The minimum absolute atomic E-state index is 0.323. The standard InChI is InChI=1S/C7H13NO/c1-7-2-5(8)6(3-7)9-4-7/h5-6H,2-4,8H2,1H3. The molecule has 52 valence electrons. The third-order valence-corrected chi connectivity index (χ3v) is 2.55. The predicted octanol–water partition coefficient (Wildman–Crippen LogP) is 0.513. The first kappa shape index (κ1) is 5.69. The van der Waals surface area contributed by atoms with E-state index in [1.54, 1.807) is 0 Å². The van der Waals surface area contributed by atoms with Gasteiger partial charge in [0, 0.05) is 6.04 Å². The van der Waals surface area contributed by atoms with Crippen molar-refractivity contribution in [1.82, 2.24) is 0 Å². The van der Waals surface area contributed by atoms with Crippen LogP contribution in [0.2, 0.25) is 0 Å². The van der Waals surface area contributed by atoms with Gasteiger partial charge in [0.05, 0.1) is 12.7 Å². The van der Waals surface area contributed by atoms with E-state index < -0.39 is 0 Å². The van der Waals surface area contributed by atoms with Gasteiger partial charge < -0.3 is 10.5 Å². The molecule has 1 aliphatic heterocycles. The molecule has 1 aliphatic carbocycles. The monoisotopic (exact) mass is 127 g/mol. The van der Waals surface area contributed by atoms with E-state index in [1.807, 2.05) is 0 Å². The molecule has 0 aromatic heterocycles. The molecule has 0 aromatic carbocycles. The summed E-state index contributed by atoms with van der Waals surface area (Å²) in [6.45, 7) is 3.20. The Kier molecular flexibility index (Phi) is 0.945. The highest BCUT2D eigenvalue weighted by atomic mass is 16.5. The number of hydrogen-bond donors (Lipinski definition) is 1. The SMILES string of the molecule is CC12COC(C1)C(N)C2. The minimum atomic E-state index is 0.323. The molecule has 9 heavy (non-hydrogen) atoms. The first-order valence-electron chi connectivity index (χ1n) is 3.57. The van der Waals surface area contributed by atoms with Gasteiger partial charge in [-0.3, -0.25) is 0 Å². The molecule has 3 unspecified atom stereocenters. The van der Waals surface area contributed by atoms with E-state index in [2.05, 4.69) is 6.92 Å². The Bertz CT molecular complexity index is 133. The van der Waals surface area contributed by atoms with Crippen molar-refractivity contribution in [2.75, 3.05) is 6.61 Å².